The van der Waals surface area contributed by atoms with Gasteiger partial charge in [-0.1, -0.05) is 23.8 Å². The Morgan fingerprint density at radius 3 is 1.88 bits per heavy atom. The highest BCUT2D eigenvalue weighted by molar-refractivity contribution is 7.86. The molecule has 5 N–H and O–H groups in total. The predicted octanol–water partition coefficient (Wildman–Crippen LogP) is 4.57. The Morgan fingerprint density at radius 1 is 0.714 bits per heavy atom. The predicted molar refractivity (Wildman–Crippen MR) is 150 cm³/mol. The number of nitrogens with zero attached hydrogens (tertiary/aromatic N) is 2. The number of hydrogen-bond donors (Lipinski definition) is 5. The van der Waals surface area contributed by atoms with Crippen LogP contribution in [0.1, 0.15) is 21.5 Å². The van der Waals surface area contributed by atoms with Gasteiger partial charge in [0, 0.05) is 10.9 Å². The average molecular weight is 636 g/mol. The van der Waals surface area contributed by atoms with E-state index in [1.54, 1.807) is 26.0 Å². The van der Waals surface area contributed by atoms with Crippen LogP contribution < -0.4 is 5.32 Å². The smallest absolute Gasteiger partial charge is 0.296 e. The van der Waals surface area contributed by atoms with Gasteiger partial charge >= 0.3 is 0 Å². The quantitative estimate of drug-likeness (QED) is 0.139. The molecule has 17 heteroatoms. The van der Waals surface area contributed by atoms with Gasteiger partial charge < -0.3 is 10.4 Å². The molecular weight excluding hydrogens is 614 g/mol. The minimum absolute atomic E-state index is 0.122. The molecule has 14 nitrogen and oxygen atoms in total. The molecule has 0 aliphatic carbocycles. The standard InChI is InChI=1S/C25H21N3O11S3/c1-13-3-6-15(7-4-13)25(30)26-19-12-17(40(31,32)33)10-16-11-21(42(37,38)39)23(24(29)22(16)19)28-27-18-9-14(2)5-8-20(18)41(34,35)36/h3-12,29H,1-2H3,(H,26,30)(H,31,32,33)(H,34,35,36)(H,37,38,39). The Balaban J connectivity index is 2.03. The topological polar surface area (TPSA) is 237 Å². The van der Waals surface area contributed by atoms with Gasteiger partial charge in [-0.2, -0.15) is 25.3 Å². The second kappa shape index (κ2) is 10.9. The molecule has 42 heavy (non-hydrogen) atoms. The van der Waals surface area contributed by atoms with Crippen molar-refractivity contribution in [2.75, 3.05) is 5.32 Å². The van der Waals surface area contributed by atoms with Crippen LogP contribution in [0.4, 0.5) is 17.1 Å². The molecule has 0 fully saturated rings. The van der Waals surface area contributed by atoms with Crippen LogP contribution in [0.15, 0.2) is 85.6 Å². The molecule has 4 aromatic rings. The number of phenolic OH excluding ortho intramolecular Hbond substituents is 1. The zero-order valence-electron chi connectivity index (χ0n) is 21.5. The molecule has 0 heterocycles. The van der Waals surface area contributed by atoms with E-state index in [1.165, 1.54) is 24.3 Å². The Morgan fingerprint density at radius 2 is 1.31 bits per heavy atom. The molecule has 220 valence electrons. The van der Waals surface area contributed by atoms with Crippen molar-refractivity contribution in [3.63, 3.8) is 0 Å². The summed E-state index contributed by atoms with van der Waals surface area (Å²) in [4.78, 5) is 10.4. The van der Waals surface area contributed by atoms with E-state index in [-0.39, 0.29) is 16.3 Å². The van der Waals surface area contributed by atoms with Crippen LogP contribution in [0, 0.1) is 13.8 Å². The molecule has 0 aromatic heterocycles. The Kier molecular flexibility index (Phi) is 7.94. The molecule has 0 bridgehead atoms. The minimum atomic E-state index is -5.21. The number of aryl methyl sites for hydroxylation is 2. The number of nitrogens with one attached hydrogen (secondary N) is 1. The molecule has 0 saturated heterocycles. The second-order valence-corrected chi connectivity index (χ2v) is 13.3. The van der Waals surface area contributed by atoms with Crippen molar-refractivity contribution in [2.45, 2.75) is 28.5 Å². The van der Waals surface area contributed by atoms with Crippen LogP contribution in [-0.2, 0) is 30.4 Å². The van der Waals surface area contributed by atoms with Crippen molar-refractivity contribution in [1.82, 2.24) is 0 Å². The maximum absolute atomic E-state index is 13.0. The van der Waals surface area contributed by atoms with Gasteiger partial charge in [0.1, 0.15) is 21.2 Å². The van der Waals surface area contributed by atoms with E-state index >= 15 is 0 Å². The fourth-order valence-electron chi connectivity index (χ4n) is 3.93. The van der Waals surface area contributed by atoms with Gasteiger partial charge in [-0.25, -0.2) is 0 Å². The summed E-state index contributed by atoms with van der Waals surface area (Å²) < 4.78 is 101. The minimum Gasteiger partial charge on any atom is -0.505 e. The number of carbonyl (C=O) groups is 1. The lowest BCUT2D eigenvalue weighted by atomic mass is 10.1. The number of carbonyl (C=O) groups excluding carboxylic acids is 1. The number of aromatic hydroxyl groups is 1. The molecule has 0 aliphatic rings. The summed E-state index contributed by atoms with van der Waals surface area (Å²) in [5.41, 5.74) is -0.353. The SMILES string of the molecule is Cc1ccc(C(=O)Nc2cc(S(=O)(=O)O)cc3cc(S(=O)(=O)O)c(N=Nc4cc(C)ccc4S(=O)(=O)O)c(O)c23)cc1. The molecule has 0 aliphatic heterocycles. The monoisotopic (exact) mass is 635 g/mol. The maximum Gasteiger partial charge on any atom is 0.296 e. The first-order valence-corrected chi connectivity index (χ1v) is 15.8. The lowest BCUT2D eigenvalue weighted by Gasteiger charge is -2.15. The number of anilines is 1. The molecule has 4 aromatic carbocycles. The Hall–Kier alpha value is -4.26. The number of hydrogen-bond acceptors (Lipinski definition) is 10. The van der Waals surface area contributed by atoms with Gasteiger partial charge in [-0.05, 0) is 67.3 Å². The van der Waals surface area contributed by atoms with Gasteiger partial charge in [0.05, 0.1) is 10.6 Å². The summed E-state index contributed by atoms with van der Waals surface area (Å²) in [5, 5.41) is 20.2. The number of rotatable bonds is 7. The summed E-state index contributed by atoms with van der Waals surface area (Å²) in [7, 11) is -15.0. The third kappa shape index (κ3) is 6.46. The van der Waals surface area contributed by atoms with Crippen molar-refractivity contribution in [1.29, 1.82) is 0 Å². The van der Waals surface area contributed by atoms with Crippen molar-refractivity contribution in [2.24, 2.45) is 10.2 Å². The summed E-state index contributed by atoms with van der Waals surface area (Å²) >= 11 is 0. The van der Waals surface area contributed by atoms with Crippen LogP contribution >= 0.6 is 0 Å². The van der Waals surface area contributed by atoms with Crippen molar-refractivity contribution in [3.05, 3.63) is 77.4 Å². The maximum atomic E-state index is 13.0. The summed E-state index contributed by atoms with van der Waals surface area (Å²) in [6.07, 6.45) is 0. The summed E-state index contributed by atoms with van der Waals surface area (Å²) in [6.45, 7) is 3.33. The van der Waals surface area contributed by atoms with Crippen LogP contribution in [0.25, 0.3) is 10.8 Å². The van der Waals surface area contributed by atoms with E-state index in [4.69, 9.17) is 0 Å². The largest absolute Gasteiger partial charge is 0.505 e. The van der Waals surface area contributed by atoms with Gasteiger partial charge in [-0.3, -0.25) is 18.5 Å². The normalized spacial score (nSPS) is 12.6. The zero-order chi connectivity index (χ0) is 31.2. The molecule has 0 unspecified atom stereocenters. The third-order valence-corrected chi connectivity index (χ3v) is 8.51. The molecule has 0 radical (unpaired) electrons. The number of amides is 1. The van der Waals surface area contributed by atoms with E-state index in [1.807, 2.05) is 0 Å². The number of phenols is 1. The van der Waals surface area contributed by atoms with E-state index in [9.17, 15) is 48.8 Å². The fraction of sp³-hybridized carbons (Fsp3) is 0.0800. The molecule has 0 atom stereocenters. The van der Waals surface area contributed by atoms with Gasteiger partial charge in [0.2, 0.25) is 0 Å². The van der Waals surface area contributed by atoms with Gasteiger partial charge in [0.15, 0.2) is 5.75 Å². The molecule has 1 amide bonds. The Labute approximate surface area is 239 Å². The molecule has 0 saturated carbocycles. The molecule has 4 rings (SSSR count). The number of azo groups is 1. The van der Waals surface area contributed by atoms with Crippen molar-refractivity contribution in [3.8, 4) is 5.75 Å². The summed E-state index contributed by atoms with van der Waals surface area (Å²) in [5.74, 6) is -1.80. The lowest BCUT2D eigenvalue weighted by Crippen LogP contribution is -2.13. The lowest BCUT2D eigenvalue weighted by molar-refractivity contribution is 0.102. The van der Waals surface area contributed by atoms with Crippen LogP contribution in [0.2, 0.25) is 0 Å². The molecular formula is C25H21N3O11S3. The third-order valence-electron chi connectivity index (χ3n) is 5.91. The first kappa shape index (κ1) is 30.7. The van der Waals surface area contributed by atoms with Crippen molar-refractivity contribution < 1.29 is 48.8 Å². The van der Waals surface area contributed by atoms with Crippen LogP contribution in [-0.4, -0.2) is 49.9 Å². The zero-order valence-corrected chi connectivity index (χ0v) is 24.0. The second-order valence-electron chi connectivity index (χ2n) is 9.06. The van der Waals surface area contributed by atoms with Gasteiger partial charge in [0.25, 0.3) is 36.3 Å². The summed E-state index contributed by atoms with van der Waals surface area (Å²) in [6, 6.07) is 12.0. The highest BCUT2D eigenvalue weighted by atomic mass is 32.2. The Bertz CT molecular complexity index is 2130. The first-order chi connectivity index (χ1) is 19.4. The van der Waals surface area contributed by atoms with E-state index in [2.05, 4.69) is 15.5 Å². The van der Waals surface area contributed by atoms with Crippen LogP contribution in [0.3, 0.4) is 0 Å². The number of benzene rings is 4. The first-order valence-electron chi connectivity index (χ1n) is 11.5. The number of fused-ring (bicyclic) bond motifs is 1. The fourth-order valence-corrected chi connectivity index (χ4v) is 5.73. The average Bonchev–Trinajstić information content (AvgIpc) is 2.86. The van der Waals surface area contributed by atoms with Crippen LogP contribution in [0.5, 0.6) is 5.75 Å². The van der Waals surface area contributed by atoms with E-state index < -0.39 is 73.8 Å². The van der Waals surface area contributed by atoms with Gasteiger partial charge in [-0.15, -0.1) is 10.2 Å². The molecule has 0 spiro atoms. The highest BCUT2D eigenvalue weighted by Gasteiger charge is 2.26. The highest BCUT2D eigenvalue weighted by Crippen LogP contribution is 2.45. The van der Waals surface area contributed by atoms with E-state index in [0.717, 1.165) is 23.8 Å². The van der Waals surface area contributed by atoms with E-state index in [0.29, 0.717) is 11.6 Å². The van der Waals surface area contributed by atoms with Crippen molar-refractivity contribution >= 4 is 64.1 Å².